The van der Waals surface area contributed by atoms with Crippen LogP contribution in [0.4, 0.5) is 0 Å². The smallest absolute Gasteiger partial charge is 0.119 e. The molecule has 1 N–H and O–H groups in total. The van der Waals surface area contributed by atoms with E-state index in [1.165, 1.54) is 5.56 Å². The van der Waals surface area contributed by atoms with Crippen molar-refractivity contribution in [3.8, 4) is 5.75 Å². The standard InChI is InChI=1S/C16H26N2O2/c1-3-17-7-9-18(10-8-17)12-15(19)13-20-16-6-4-5-14(2)11-16/h4-6,11,15,19H,3,7-10,12-13H2,1-2H3. The summed E-state index contributed by atoms with van der Waals surface area (Å²) in [5.74, 6) is 0.833. The van der Waals surface area contributed by atoms with Crippen LogP contribution < -0.4 is 4.74 Å². The topological polar surface area (TPSA) is 35.9 Å². The molecular formula is C16H26N2O2. The van der Waals surface area contributed by atoms with Crippen LogP contribution in [0.2, 0.25) is 0 Å². The van der Waals surface area contributed by atoms with Crippen molar-refractivity contribution in [2.75, 3.05) is 45.9 Å². The minimum absolute atomic E-state index is 0.359. The van der Waals surface area contributed by atoms with E-state index in [1.807, 2.05) is 31.2 Å². The van der Waals surface area contributed by atoms with Crippen LogP contribution in [0, 0.1) is 6.92 Å². The Labute approximate surface area is 122 Å². The first kappa shape index (κ1) is 15.3. The lowest BCUT2D eigenvalue weighted by Crippen LogP contribution is -2.49. The molecule has 1 unspecified atom stereocenters. The predicted molar refractivity (Wildman–Crippen MR) is 81.2 cm³/mol. The molecule has 0 radical (unpaired) electrons. The Morgan fingerprint density at radius 1 is 1.20 bits per heavy atom. The van der Waals surface area contributed by atoms with Gasteiger partial charge in [0.1, 0.15) is 18.5 Å². The Balaban J connectivity index is 1.69. The Morgan fingerprint density at radius 3 is 2.55 bits per heavy atom. The maximum atomic E-state index is 10.1. The van der Waals surface area contributed by atoms with Gasteiger partial charge in [0.15, 0.2) is 0 Å². The van der Waals surface area contributed by atoms with Crippen molar-refractivity contribution in [3.05, 3.63) is 29.8 Å². The van der Waals surface area contributed by atoms with Crippen molar-refractivity contribution in [1.82, 2.24) is 9.80 Å². The number of aryl methyl sites for hydroxylation is 1. The summed E-state index contributed by atoms with van der Waals surface area (Å²) < 4.78 is 5.65. The summed E-state index contributed by atoms with van der Waals surface area (Å²) in [6.45, 7) is 10.7. The number of hydrogen-bond acceptors (Lipinski definition) is 4. The minimum atomic E-state index is -0.427. The van der Waals surface area contributed by atoms with Crippen LogP contribution in [0.15, 0.2) is 24.3 Å². The molecule has 0 spiro atoms. The first-order valence-corrected chi connectivity index (χ1v) is 7.49. The molecule has 2 rings (SSSR count). The van der Waals surface area contributed by atoms with E-state index in [0.29, 0.717) is 13.2 Å². The molecule has 4 nitrogen and oxygen atoms in total. The van der Waals surface area contributed by atoms with Gasteiger partial charge in [-0.15, -0.1) is 0 Å². The molecule has 1 aromatic carbocycles. The average molecular weight is 278 g/mol. The van der Waals surface area contributed by atoms with Crippen LogP contribution >= 0.6 is 0 Å². The lowest BCUT2D eigenvalue weighted by molar-refractivity contribution is 0.0471. The summed E-state index contributed by atoms with van der Waals surface area (Å²) in [6.07, 6.45) is -0.427. The van der Waals surface area contributed by atoms with E-state index < -0.39 is 6.10 Å². The normalized spacial score (nSPS) is 18.9. The quantitative estimate of drug-likeness (QED) is 0.852. The highest BCUT2D eigenvalue weighted by Crippen LogP contribution is 2.12. The number of nitrogens with zero attached hydrogens (tertiary/aromatic N) is 2. The fraction of sp³-hybridized carbons (Fsp3) is 0.625. The minimum Gasteiger partial charge on any atom is -0.491 e. The van der Waals surface area contributed by atoms with Crippen LogP contribution in [0.5, 0.6) is 5.75 Å². The van der Waals surface area contributed by atoms with E-state index in [-0.39, 0.29) is 0 Å². The SMILES string of the molecule is CCN1CCN(CC(O)COc2cccc(C)c2)CC1. The first-order chi connectivity index (χ1) is 9.67. The zero-order valence-electron chi connectivity index (χ0n) is 12.6. The number of rotatable bonds is 6. The number of aliphatic hydroxyl groups excluding tert-OH is 1. The molecule has 1 fully saturated rings. The summed E-state index contributed by atoms with van der Waals surface area (Å²) in [6, 6.07) is 7.93. The van der Waals surface area contributed by atoms with Crippen LogP contribution in [-0.2, 0) is 0 Å². The van der Waals surface area contributed by atoms with Crippen molar-refractivity contribution in [2.45, 2.75) is 20.0 Å². The Hall–Kier alpha value is -1.10. The Kier molecular flexibility index (Phi) is 5.83. The van der Waals surface area contributed by atoms with Gasteiger partial charge in [0.2, 0.25) is 0 Å². The van der Waals surface area contributed by atoms with E-state index in [4.69, 9.17) is 4.74 Å². The number of aliphatic hydroxyl groups is 1. The zero-order valence-corrected chi connectivity index (χ0v) is 12.6. The summed E-state index contributed by atoms with van der Waals surface area (Å²) >= 11 is 0. The van der Waals surface area contributed by atoms with Gasteiger partial charge in [-0.3, -0.25) is 4.90 Å². The van der Waals surface area contributed by atoms with E-state index >= 15 is 0 Å². The third-order valence-corrected chi connectivity index (χ3v) is 3.81. The molecule has 20 heavy (non-hydrogen) atoms. The molecule has 0 bridgehead atoms. The zero-order chi connectivity index (χ0) is 14.4. The third-order valence-electron chi connectivity index (χ3n) is 3.81. The van der Waals surface area contributed by atoms with Crippen LogP contribution in [0.1, 0.15) is 12.5 Å². The highest BCUT2D eigenvalue weighted by Gasteiger charge is 2.18. The Bertz CT molecular complexity index is 403. The van der Waals surface area contributed by atoms with Gasteiger partial charge < -0.3 is 14.7 Å². The maximum Gasteiger partial charge on any atom is 0.119 e. The molecule has 0 aromatic heterocycles. The van der Waals surface area contributed by atoms with Crippen molar-refractivity contribution < 1.29 is 9.84 Å². The van der Waals surface area contributed by atoms with E-state index in [1.54, 1.807) is 0 Å². The summed E-state index contributed by atoms with van der Waals surface area (Å²) in [5, 5.41) is 10.1. The van der Waals surface area contributed by atoms with Crippen LogP contribution in [0.3, 0.4) is 0 Å². The van der Waals surface area contributed by atoms with Crippen molar-refractivity contribution in [1.29, 1.82) is 0 Å². The molecule has 112 valence electrons. The second-order valence-electron chi connectivity index (χ2n) is 5.52. The molecule has 0 saturated carbocycles. The molecule has 1 heterocycles. The van der Waals surface area contributed by atoms with E-state index in [2.05, 4.69) is 16.7 Å². The molecule has 0 aliphatic carbocycles. The molecule has 4 heteroatoms. The molecule has 1 atom stereocenters. The summed E-state index contributed by atoms with van der Waals surface area (Å²) in [4.78, 5) is 4.75. The molecule has 1 aromatic rings. The number of β-amino-alcohol motifs (C(OH)–C–C–N with tert-alkyl or cyclic N) is 1. The predicted octanol–water partition coefficient (Wildman–Crippen LogP) is 1.37. The second-order valence-corrected chi connectivity index (χ2v) is 5.52. The lowest BCUT2D eigenvalue weighted by Gasteiger charge is -2.34. The fourth-order valence-corrected chi connectivity index (χ4v) is 2.54. The van der Waals surface area contributed by atoms with Gasteiger partial charge in [-0.1, -0.05) is 19.1 Å². The average Bonchev–Trinajstić information content (AvgIpc) is 2.46. The third kappa shape index (κ3) is 4.78. The van der Waals surface area contributed by atoms with E-state index in [9.17, 15) is 5.11 Å². The maximum absolute atomic E-state index is 10.1. The summed E-state index contributed by atoms with van der Waals surface area (Å²) in [5.41, 5.74) is 1.17. The van der Waals surface area contributed by atoms with Crippen molar-refractivity contribution in [3.63, 3.8) is 0 Å². The largest absolute Gasteiger partial charge is 0.491 e. The number of hydrogen-bond donors (Lipinski definition) is 1. The highest BCUT2D eigenvalue weighted by atomic mass is 16.5. The van der Waals surface area contributed by atoms with Crippen LogP contribution in [-0.4, -0.2) is 66.9 Å². The summed E-state index contributed by atoms with van der Waals surface area (Å²) in [7, 11) is 0. The molecule has 1 aliphatic rings. The van der Waals surface area contributed by atoms with Crippen molar-refractivity contribution >= 4 is 0 Å². The second kappa shape index (κ2) is 7.62. The lowest BCUT2D eigenvalue weighted by atomic mass is 10.2. The van der Waals surface area contributed by atoms with Gasteiger partial charge in [0.05, 0.1) is 0 Å². The van der Waals surface area contributed by atoms with Gasteiger partial charge in [0, 0.05) is 32.7 Å². The van der Waals surface area contributed by atoms with Gasteiger partial charge in [-0.05, 0) is 31.2 Å². The molecular weight excluding hydrogens is 252 g/mol. The number of piperazine rings is 1. The van der Waals surface area contributed by atoms with Crippen LogP contribution in [0.25, 0.3) is 0 Å². The van der Waals surface area contributed by atoms with E-state index in [0.717, 1.165) is 38.5 Å². The number of ether oxygens (including phenoxy) is 1. The fourth-order valence-electron chi connectivity index (χ4n) is 2.54. The molecule has 1 aliphatic heterocycles. The Morgan fingerprint density at radius 2 is 1.90 bits per heavy atom. The van der Waals surface area contributed by atoms with Gasteiger partial charge >= 0.3 is 0 Å². The van der Waals surface area contributed by atoms with Gasteiger partial charge in [-0.25, -0.2) is 0 Å². The number of benzene rings is 1. The first-order valence-electron chi connectivity index (χ1n) is 7.49. The molecule has 1 saturated heterocycles. The highest BCUT2D eigenvalue weighted by molar-refractivity contribution is 5.27. The van der Waals surface area contributed by atoms with Crippen molar-refractivity contribution in [2.24, 2.45) is 0 Å². The monoisotopic (exact) mass is 278 g/mol. The number of likely N-dealkylation sites (N-methyl/N-ethyl adjacent to an activating group) is 1. The van der Waals surface area contributed by atoms with Gasteiger partial charge in [0.25, 0.3) is 0 Å². The molecule has 0 amide bonds. The van der Waals surface area contributed by atoms with Gasteiger partial charge in [-0.2, -0.15) is 0 Å².